The minimum absolute atomic E-state index is 0.215. The van der Waals surface area contributed by atoms with Crippen LogP contribution < -0.4 is 15.2 Å². The predicted octanol–water partition coefficient (Wildman–Crippen LogP) is 2.95. The van der Waals surface area contributed by atoms with Crippen LogP contribution in [0.3, 0.4) is 0 Å². The number of rotatable bonds is 4. The van der Waals surface area contributed by atoms with Crippen LogP contribution in [-0.4, -0.2) is 34.5 Å². The highest BCUT2D eigenvalue weighted by atomic mass is 32.2. The molecule has 1 fully saturated rings. The normalized spacial score (nSPS) is 18.2. The van der Waals surface area contributed by atoms with Gasteiger partial charge in [-0.2, -0.15) is 16.9 Å². The Hall–Kier alpha value is -1.82. The van der Waals surface area contributed by atoms with Crippen LogP contribution in [0.5, 0.6) is 11.5 Å². The molecule has 118 valence electrons. The second-order valence-electron chi connectivity index (χ2n) is 5.36. The first kappa shape index (κ1) is 15.1. The topological polar surface area (TPSA) is 62.3 Å². The molecule has 1 saturated heterocycles. The van der Waals surface area contributed by atoms with E-state index in [0.717, 1.165) is 34.8 Å². The quantitative estimate of drug-likeness (QED) is 0.939. The molecule has 3 rings (SSSR count). The Morgan fingerprint density at radius 2 is 2.23 bits per heavy atom. The van der Waals surface area contributed by atoms with Crippen molar-refractivity contribution < 1.29 is 9.47 Å². The summed E-state index contributed by atoms with van der Waals surface area (Å²) in [4.78, 5) is 0. The summed E-state index contributed by atoms with van der Waals surface area (Å²) in [7, 11) is 3.49. The molecule has 1 atom stereocenters. The summed E-state index contributed by atoms with van der Waals surface area (Å²) < 4.78 is 13.4. The van der Waals surface area contributed by atoms with Gasteiger partial charge in [0.1, 0.15) is 11.9 Å². The summed E-state index contributed by atoms with van der Waals surface area (Å²) in [6, 6.07) is 5.87. The molecule has 2 aromatic rings. The van der Waals surface area contributed by atoms with E-state index in [-0.39, 0.29) is 6.10 Å². The van der Waals surface area contributed by atoms with Gasteiger partial charge in [0.05, 0.1) is 13.3 Å². The Balaban J connectivity index is 2.00. The lowest BCUT2D eigenvalue weighted by Crippen LogP contribution is -2.23. The largest absolute Gasteiger partial charge is 0.493 e. The van der Waals surface area contributed by atoms with Crippen LogP contribution in [0.2, 0.25) is 0 Å². The van der Waals surface area contributed by atoms with Crippen molar-refractivity contribution in [2.24, 2.45) is 7.05 Å². The molecule has 1 aliphatic heterocycles. The number of nitrogens with two attached hydrogens (primary N) is 1. The lowest BCUT2D eigenvalue weighted by Gasteiger charge is -2.25. The number of para-hydroxylation sites is 1. The van der Waals surface area contributed by atoms with Crippen LogP contribution in [0, 0.1) is 0 Å². The van der Waals surface area contributed by atoms with Gasteiger partial charge in [-0.25, -0.2) is 0 Å². The minimum Gasteiger partial charge on any atom is -0.493 e. The Morgan fingerprint density at radius 1 is 1.36 bits per heavy atom. The third-order valence-corrected chi connectivity index (χ3v) is 5.06. The van der Waals surface area contributed by atoms with E-state index >= 15 is 0 Å². The maximum absolute atomic E-state index is 6.29. The number of nitrogens with zero attached hydrogens (tertiary/aromatic N) is 2. The maximum atomic E-state index is 6.29. The van der Waals surface area contributed by atoms with Gasteiger partial charge in [-0.1, -0.05) is 12.1 Å². The highest BCUT2D eigenvalue weighted by Crippen LogP contribution is 2.41. The van der Waals surface area contributed by atoms with Crippen molar-refractivity contribution in [2.75, 3.05) is 24.3 Å². The smallest absolute Gasteiger partial charge is 0.169 e. The van der Waals surface area contributed by atoms with Gasteiger partial charge >= 0.3 is 0 Å². The van der Waals surface area contributed by atoms with Gasteiger partial charge in [-0.3, -0.25) is 4.68 Å². The first-order chi connectivity index (χ1) is 10.7. The highest BCUT2D eigenvalue weighted by Gasteiger charge is 2.22. The molecule has 1 aliphatic rings. The van der Waals surface area contributed by atoms with Gasteiger partial charge in [-0.15, -0.1) is 0 Å². The zero-order chi connectivity index (χ0) is 15.5. The van der Waals surface area contributed by atoms with Crippen molar-refractivity contribution in [1.82, 2.24) is 9.78 Å². The van der Waals surface area contributed by atoms with E-state index < -0.39 is 0 Å². The zero-order valence-electron chi connectivity index (χ0n) is 12.9. The Morgan fingerprint density at radius 3 is 2.86 bits per heavy atom. The molecule has 0 spiro atoms. The number of hydrogen-bond acceptors (Lipinski definition) is 5. The van der Waals surface area contributed by atoms with E-state index in [0.29, 0.717) is 5.82 Å². The minimum atomic E-state index is 0.215. The van der Waals surface area contributed by atoms with E-state index in [4.69, 9.17) is 15.2 Å². The Kier molecular flexibility index (Phi) is 4.47. The van der Waals surface area contributed by atoms with Gasteiger partial charge in [-0.05, 0) is 24.7 Å². The molecule has 2 heterocycles. The monoisotopic (exact) mass is 319 g/mol. The van der Waals surface area contributed by atoms with Crippen LogP contribution >= 0.6 is 11.8 Å². The molecule has 0 radical (unpaired) electrons. The van der Waals surface area contributed by atoms with Crippen molar-refractivity contribution in [2.45, 2.75) is 18.9 Å². The molecule has 6 heteroatoms. The number of benzene rings is 1. The molecular formula is C16H21N3O2S. The molecule has 0 amide bonds. The third-order valence-electron chi connectivity index (χ3n) is 3.88. The molecule has 2 N–H and O–H groups in total. The molecule has 0 aliphatic carbocycles. The van der Waals surface area contributed by atoms with Crippen LogP contribution in [0.4, 0.5) is 5.82 Å². The molecule has 1 aromatic heterocycles. The molecule has 22 heavy (non-hydrogen) atoms. The van der Waals surface area contributed by atoms with Crippen molar-refractivity contribution >= 4 is 17.6 Å². The summed E-state index contributed by atoms with van der Waals surface area (Å²) in [6.45, 7) is 0. The Labute approximate surface area is 134 Å². The van der Waals surface area contributed by atoms with Crippen LogP contribution in [0.15, 0.2) is 24.4 Å². The molecule has 0 saturated carbocycles. The lowest BCUT2D eigenvalue weighted by atomic mass is 10.1. The third kappa shape index (κ3) is 2.88. The van der Waals surface area contributed by atoms with Crippen molar-refractivity contribution in [1.29, 1.82) is 0 Å². The van der Waals surface area contributed by atoms with Gasteiger partial charge in [0, 0.05) is 23.9 Å². The van der Waals surface area contributed by atoms with Gasteiger partial charge < -0.3 is 15.2 Å². The van der Waals surface area contributed by atoms with E-state index in [1.165, 1.54) is 12.2 Å². The summed E-state index contributed by atoms with van der Waals surface area (Å²) in [5, 5.41) is 4.23. The highest BCUT2D eigenvalue weighted by molar-refractivity contribution is 7.99. The van der Waals surface area contributed by atoms with E-state index in [1.807, 2.05) is 37.0 Å². The lowest BCUT2D eigenvalue weighted by molar-refractivity contribution is 0.203. The SMILES string of the molecule is COc1cccc(-c2cnn(C)c2N)c1OC1CCCSC1. The molecule has 1 unspecified atom stereocenters. The van der Waals surface area contributed by atoms with Gasteiger partial charge in [0.2, 0.25) is 0 Å². The second kappa shape index (κ2) is 6.52. The number of aromatic nitrogens is 2. The van der Waals surface area contributed by atoms with E-state index in [2.05, 4.69) is 5.10 Å². The molecule has 5 nitrogen and oxygen atoms in total. The van der Waals surface area contributed by atoms with Crippen molar-refractivity contribution in [3.63, 3.8) is 0 Å². The predicted molar refractivity (Wildman–Crippen MR) is 90.6 cm³/mol. The molecule has 0 bridgehead atoms. The average molecular weight is 319 g/mol. The maximum Gasteiger partial charge on any atom is 0.169 e. The first-order valence-corrected chi connectivity index (χ1v) is 8.55. The Bertz CT molecular complexity index is 651. The van der Waals surface area contributed by atoms with Crippen LogP contribution in [-0.2, 0) is 7.05 Å². The first-order valence-electron chi connectivity index (χ1n) is 7.40. The number of thioether (sulfide) groups is 1. The van der Waals surface area contributed by atoms with Crippen LogP contribution in [0.1, 0.15) is 12.8 Å². The number of ether oxygens (including phenoxy) is 2. The standard InChI is InChI=1S/C16H21N3O2S/c1-19-16(17)13(9-18-19)12-6-3-7-14(20-2)15(12)21-11-5-4-8-22-10-11/h3,6-7,9,11H,4-5,8,10,17H2,1-2H3. The second-order valence-corrected chi connectivity index (χ2v) is 6.51. The zero-order valence-corrected chi connectivity index (χ0v) is 13.7. The number of methoxy groups -OCH3 is 1. The number of hydrogen-bond donors (Lipinski definition) is 1. The summed E-state index contributed by atoms with van der Waals surface area (Å²) in [6.07, 6.45) is 4.25. The fourth-order valence-electron chi connectivity index (χ4n) is 2.64. The van der Waals surface area contributed by atoms with Crippen LogP contribution in [0.25, 0.3) is 11.1 Å². The van der Waals surface area contributed by atoms with Crippen molar-refractivity contribution in [3.05, 3.63) is 24.4 Å². The summed E-state index contributed by atoms with van der Waals surface area (Å²) >= 11 is 1.94. The summed E-state index contributed by atoms with van der Waals surface area (Å²) in [5.74, 6) is 4.35. The summed E-state index contributed by atoms with van der Waals surface area (Å²) in [5.41, 5.74) is 7.93. The van der Waals surface area contributed by atoms with E-state index in [9.17, 15) is 0 Å². The van der Waals surface area contributed by atoms with Gasteiger partial charge in [0.25, 0.3) is 0 Å². The van der Waals surface area contributed by atoms with E-state index in [1.54, 1.807) is 18.0 Å². The fourth-order valence-corrected chi connectivity index (χ4v) is 3.67. The molecular weight excluding hydrogens is 298 g/mol. The number of aryl methyl sites for hydroxylation is 1. The average Bonchev–Trinajstić information content (AvgIpc) is 2.88. The molecule has 1 aromatic carbocycles. The number of nitrogen functional groups attached to an aromatic ring is 1. The fraction of sp³-hybridized carbons (Fsp3) is 0.438. The van der Waals surface area contributed by atoms with Crippen molar-refractivity contribution in [3.8, 4) is 22.6 Å². The number of anilines is 1. The van der Waals surface area contributed by atoms with Gasteiger partial charge in [0.15, 0.2) is 11.5 Å².